The standard InChI is InChI=1S/C14H13ClO3/c1-17-14-8-11(16)7-6-10(14)9-18-13-5-3-2-4-12(13)15/h2-8,16H,9H2,1H3. The summed E-state index contributed by atoms with van der Waals surface area (Å²) in [4.78, 5) is 0. The van der Waals surface area contributed by atoms with E-state index in [1.54, 1.807) is 37.4 Å². The second kappa shape index (κ2) is 5.65. The first-order valence-electron chi connectivity index (χ1n) is 5.44. The fraction of sp³-hybridized carbons (Fsp3) is 0.143. The summed E-state index contributed by atoms with van der Waals surface area (Å²) < 4.78 is 10.8. The van der Waals surface area contributed by atoms with E-state index in [4.69, 9.17) is 21.1 Å². The second-order valence-electron chi connectivity index (χ2n) is 3.72. The number of hydrogen-bond acceptors (Lipinski definition) is 3. The maximum absolute atomic E-state index is 9.36. The highest BCUT2D eigenvalue weighted by Crippen LogP contribution is 2.27. The van der Waals surface area contributed by atoms with Crippen molar-refractivity contribution in [2.45, 2.75) is 6.61 Å². The molecule has 1 N–H and O–H groups in total. The average Bonchev–Trinajstić information content (AvgIpc) is 2.39. The van der Waals surface area contributed by atoms with Crippen LogP contribution in [0.4, 0.5) is 0 Å². The average molecular weight is 265 g/mol. The van der Waals surface area contributed by atoms with Gasteiger partial charge in [0, 0.05) is 11.6 Å². The lowest BCUT2D eigenvalue weighted by atomic mass is 10.2. The largest absolute Gasteiger partial charge is 0.508 e. The van der Waals surface area contributed by atoms with Crippen molar-refractivity contribution < 1.29 is 14.6 Å². The van der Waals surface area contributed by atoms with Crippen LogP contribution < -0.4 is 9.47 Å². The Hall–Kier alpha value is -1.87. The first-order chi connectivity index (χ1) is 8.70. The van der Waals surface area contributed by atoms with Crippen LogP contribution in [0.15, 0.2) is 42.5 Å². The van der Waals surface area contributed by atoms with Crippen molar-refractivity contribution >= 4 is 11.6 Å². The van der Waals surface area contributed by atoms with E-state index in [0.29, 0.717) is 23.1 Å². The molecule has 0 aromatic heterocycles. The summed E-state index contributed by atoms with van der Waals surface area (Å²) in [5, 5.41) is 9.92. The monoisotopic (exact) mass is 264 g/mol. The zero-order valence-electron chi connectivity index (χ0n) is 9.89. The molecule has 2 aromatic rings. The Kier molecular flexibility index (Phi) is 3.95. The van der Waals surface area contributed by atoms with Crippen LogP contribution in [0.2, 0.25) is 5.02 Å². The number of para-hydroxylation sites is 1. The van der Waals surface area contributed by atoms with E-state index < -0.39 is 0 Å². The van der Waals surface area contributed by atoms with E-state index in [-0.39, 0.29) is 5.75 Å². The molecule has 0 atom stereocenters. The molecule has 0 aliphatic rings. The molecule has 0 saturated heterocycles. The fourth-order valence-corrected chi connectivity index (χ4v) is 1.76. The van der Waals surface area contributed by atoms with Gasteiger partial charge in [0.25, 0.3) is 0 Å². The van der Waals surface area contributed by atoms with Crippen molar-refractivity contribution in [3.05, 3.63) is 53.1 Å². The Morgan fingerprint density at radius 3 is 2.61 bits per heavy atom. The van der Waals surface area contributed by atoms with Crippen LogP contribution in [0.5, 0.6) is 17.2 Å². The number of phenolic OH excluding ortho intramolecular Hbond substituents is 1. The zero-order chi connectivity index (χ0) is 13.0. The highest BCUT2D eigenvalue weighted by Gasteiger charge is 2.06. The molecular weight excluding hydrogens is 252 g/mol. The molecule has 0 radical (unpaired) electrons. The highest BCUT2D eigenvalue weighted by molar-refractivity contribution is 6.32. The minimum Gasteiger partial charge on any atom is -0.508 e. The summed E-state index contributed by atoms with van der Waals surface area (Å²) >= 11 is 5.99. The molecule has 0 aliphatic heterocycles. The molecule has 18 heavy (non-hydrogen) atoms. The van der Waals surface area contributed by atoms with Crippen LogP contribution >= 0.6 is 11.6 Å². The van der Waals surface area contributed by atoms with Crippen molar-refractivity contribution in [2.24, 2.45) is 0 Å². The summed E-state index contributed by atoms with van der Waals surface area (Å²) in [6, 6.07) is 12.2. The van der Waals surface area contributed by atoms with Gasteiger partial charge in [-0.25, -0.2) is 0 Å². The van der Waals surface area contributed by atoms with Gasteiger partial charge in [-0.2, -0.15) is 0 Å². The van der Waals surface area contributed by atoms with Gasteiger partial charge in [-0.05, 0) is 24.3 Å². The summed E-state index contributed by atoms with van der Waals surface area (Å²) in [5.74, 6) is 1.37. The first kappa shape index (κ1) is 12.6. The predicted octanol–water partition coefficient (Wildman–Crippen LogP) is 3.63. The molecule has 0 bridgehead atoms. The van der Waals surface area contributed by atoms with Gasteiger partial charge in [0.1, 0.15) is 23.9 Å². The number of methoxy groups -OCH3 is 1. The van der Waals surface area contributed by atoms with Gasteiger partial charge in [0.05, 0.1) is 12.1 Å². The van der Waals surface area contributed by atoms with E-state index in [1.165, 1.54) is 0 Å². The van der Waals surface area contributed by atoms with E-state index in [1.807, 2.05) is 12.1 Å². The minimum atomic E-state index is 0.161. The van der Waals surface area contributed by atoms with E-state index >= 15 is 0 Å². The van der Waals surface area contributed by atoms with Gasteiger partial charge < -0.3 is 14.6 Å². The van der Waals surface area contributed by atoms with Crippen LogP contribution in [0.1, 0.15) is 5.56 Å². The smallest absolute Gasteiger partial charge is 0.138 e. The number of hydrogen-bond donors (Lipinski definition) is 1. The molecule has 0 aliphatic carbocycles. The van der Waals surface area contributed by atoms with E-state index in [0.717, 1.165) is 5.56 Å². The fourth-order valence-electron chi connectivity index (χ4n) is 1.57. The minimum absolute atomic E-state index is 0.161. The van der Waals surface area contributed by atoms with Crippen molar-refractivity contribution in [2.75, 3.05) is 7.11 Å². The lowest BCUT2D eigenvalue weighted by Crippen LogP contribution is -1.98. The number of phenols is 1. The summed E-state index contributed by atoms with van der Waals surface area (Å²) in [7, 11) is 1.55. The van der Waals surface area contributed by atoms with Crippen LogP contribution in [0, 0.1) is 0 Å². The van der Waals surface area contributed by atoms with Crippen LogP contribution in [-0.4, -0.2) is 12.2 Å². The van der Waals surface area contributed by atoms with Gasteiger partial charge in [-0.1, -0.05) is 23.7 Å². The molecule has 3 nitrogen and oxygen atoms in total. The van der Waals surface area contributed by atoms with Gasteiger partial charge in [0.15, 0.2) is 0 Å². The highest BCUT2D eigenvalue weighted by atomic mass is 35.5. The third-order valence-corrected chi connectivity index (χ3v) is 2.80. The molecule has 2 aromatic carbocycles. The lowest BCUT2D eigenvalue weighted by Gasteiger charge is -2.11. The molecule has 0 unspecified atom stereocenters. The third kappa shape index (κ3) is 2.87. The lowest BCUT2D eigenvalue weighted by molar-refractivity contribution is 0.296. The summed E-state index contributed by atoms with van der Waals surface area (Å²) in [6.45, 7) is 0.327. The quantitative estimate of drug-likeness (QED) is 0.916. The second-order valence-corrected chi connectivity index (χ2v) is 4.12. The van der Waals surface area contributed by atoms with Crippen molar-refractivity contribution in [3.8, 4) is 17.2 Å². The predicted molar refractivity (Wildman–Crippen MR) is 70.4 cm³/mol. The summed E-state index contributed by atoms with van der Waals surface area (Å²) in [5.41, 5.74) is 0.843. The van der Waals surface area contributed by atoms with Crippen LogP contribution in [-0.2, 0) is 6.61 Å². The molecular formula is C14H13ClO3. The number of halogens is 1. The maximum Gasteiger partial charge on any atom is 0.138 e. The van der Waals surface area contributed by atoms with Crippen molar-refractivity contribution in [3.63, 3.8) is 0 Å². The normalized spacial score (nSPS) is 10.1. The zero-order valence-corrected chi connectivity index (χ0v) is 10.6. The van der Waals surface area contributed by atoms with Gasteiger partial charge in [-0.15, -0.1) is 0 Å². The van der Waals surface area contributed by atoms with E-state index in [2.05, 4.69) is 0 Å². The van der Waals surface area contributed by atoms with Crippen molar-refractivity contribution in [1.82, 2.24) is 0 Å². The number of ether oxygens (including phenoxy) is 2. The Morgan fingerprint density at radius 2 is 1.89 bits per heavy atom. The molecule has 0 heterocycles. The molecule has 0 saturated carbocycles. The number of benzene rings is 2. The first-order valence-corrected chi connectivity index (χ1v) is 5.81. The number of rotatable bonds is 4. The topological polar surface area (TPSA) is 38.7 Å². The SMILES string of the molecule is COc1cc(O)ccc1COc1ccccc1Cl. The Bertz CT molecular complexity index is 540. The van der Waals surface area contributed by atoms with E-state index in [9.17, 15) is 5.11 Å². The van der Waals surface area contributed by atoms with Gasteiger partial charge >= 0.3 is 0 Å². The van der Waals surface area contributed by atoms with Crippen LogP contribution in [0.25, 0.3) is 0 Å². The summed E-state index contributed by atoms with van der Waals surface area (Å²) in [6.07, 6.45) is 0. The molecule has 0 spiro atoms. The van der Waals surface area contributed by atoms with Crippen LogP contribution in [0.3, 0.4) is 0 Å². The molecule has 0 amide bonds. The Balaban J connectivity index is 2.13. The molecule has 0 fully saturated rings. The van der Waals surface area contributed by atoms with Crippen molar-refractivity contribution in [1.29, 1.82) is 0 Å². The Morgan fingerprint density at radius 1 is 1.11 bits per heavy atom. The molecule has 4 heteroatoms. The van der Waals surface area contributed by atoms with Gasteiger partial charge in [0.2, 0.25) is 0 Å². The number of aromatic hydroxyl groups is 1. The molecule has 94 valence electrons. The maximum atomic E-state index is 9.36. The third-order valence-electron chi connectivity index (χ3n) is 2.49. The van der Waals surface area contributed by atoms with Gasteiger partial charge in [-0.3, -0.25) is 0 Å². The molecule has 2 rings (SSSR count). The Labute approximate surface area is 111 Å².